The van der Waals surface area contributed by atoms with Crippen LogP contribution in [0.5, 0.6) is 0 Å². The van der Waals surface area contributed by atoms with Gasteiger partial charge in [-0.05, 0) is 33.1 Å². The van der Waals surface area contributed by atoms with E-state index in [-0.39, 0.29) is 11.9 Å². The molecule has 1 saturated carbocycles. The molecule has 21 heavy (non-hydrogen) atoms. The molecule has 1 aliphatic heterocycles. The number of hydrogen-bond donors (Lipinski definition) is 1. The van der Waals surface area contributed by atoms with Crippen molar-refractivity contribution in [2.24, 2.45) is 0 Å². The Morgan fingerprint density at radius 3 is 2.81 bits per heavy atom. The van der Waals surface area contributed by atoms with E-state index in [9.17, 15) is 9.59 Å². The third-order valence-electron chi connectivity index (χ3n) is 3.78. The van der Waals surface area contributed by atoms with Crippen LogP contribution in [0.25, 0.3) is 0 Å². The number of rotatable bonds is 6. The Hall–Kier alpha value is -1.50. The Kier molecular flexibility index (Phi) is 3.69. The number of carbonyl (C=O) groups is 2. The normalized spacial score (nSPS) is 21.0. The maximum absolute atomic E-state index is 12.0. The number of hydrogen-bond acceptors (Lipinski definition) is 4. The third kappa shape index (κ3) is 2.92. The van der Waals surface area contributed by atoms with Crippen molar-refractivity contribution in [1.29, 1.82) is 0 Å². The van der Waals surface area contributed by atoms with Gasteiger partial charge in [0.25, 0.3) is 5.91 Å². The zero-order chi connectivity index (χ0) is 15.0. The molecule has 0 radical (unpaired) electrons. The molecule has 114 valence electrons. The molecule has 0 aromatic carbocycles. The standard InChI is InChI=1S/C14H20N4O2S/c1-14(2)11(19)18(12(20)16-14)7-3-9-21-13-15-6-8-17(13)10-4-5-10/h6,8,10H,3-5,7,9H2,1-2H3,(H,16,20). The first-order valence-corrected chi connectivity index (χ1v) is 8.27. The number of nitrogens with one attached hydrogen (secondary N) is 1. The number of imidazole rings is 1. The summed E-state index contributed by atoms with van der Waals surface area (Å²) in [5.41, 5.74) is -0.771. The SMILES string of the molecule is CC1(C)NC(=O)N(CCCSc2nccn2C2CC2)C1=O. The Morgan fingerprint density at radius 1 is 1.43 bits per heavy atom. The summed E-state index contributed by atoms with van der Waals surface area (Å²) in [4.78, 5) is 29.5. The molecule has 7 heteroatoms. The van der Waals surface area contributed by atoms with E-state index in [0.29, 0.717) is 12.6 Å². The summed E-state index contributed by atoms with van der Waals surface area (Å²) >= 11 is 1.69. The summed E-state index contributed by atoms with van der Waals surface area (Å²) in [5, 5.41) is 3.73. The lowest BCUT2D eigenvalue weighted by molar-refractivity contribution is -0.130. The van der Waals surface area contributed by atoms with E-state index in [1.54, 1.807) is 25.6 Å². The first-order valence-electron chi connectivity index (χ1n) is 7.29. The van der Waals surface area contributed by atoms with Crippen LogP contribution in [0.15, 0.2) is 17.6 Å². The lowest BCUT2D eigenvalue weighted by Gasteiger charge is -2.15. The summed E-state index contributed by atoms with van der Waals surface area (Å²) < 4.78 is 2.22. The molecule has 1 aromatic rings. The average molecular weight is 308 g/mol. The second-order valence-electron chi connectivity index (χ2n) is 6.06. The zero-order valence-electron chi connectivity index (χ0n) is 12.3. The molecule has 3 rings (SSSR count). The highest BCUT2D eigenvalue weighted by atomic mass is 32.2. The van der Waals surface area contributed by atoms with Gasteiger partial charge >= 0.3 is 6.03 Å². The lowest BCUT2D eigenvalue weighted by atomic mass is 10.1. The number of carbonyl (C=O) groups excluding carboxylic acids is 2. The van der Waals surface area contributed by atoms with Crippen molar-refractivity contribution >= 4 is 23.7 Å². The van der Waals surface area contributed by atoms with Gasteiger partial charge in [-0.25, -0.2) is 9.78 Å². The molecule has 1 saturated heterocycles. The van der Waals surface area contributed by atoms with Crippen LogP contribution in [0.3, 0.4) is 0 Å². The first kappa shape index (κ1) is 14.4. The van der Waals surface area contributed by atoms with Gasteiger partial charge in [-0.1, -0.05) is 11.8 Å². The Morgan fingerprint density at radius 2 is 2.19 bits per heavy atom. The molecule has 0 unspecified atom stereocenters. The van der Waals surface area contributed by atoms with E-state index < -0.39 is 5.54 Å². The van der Waals surface area contributed by atoms with Crippen molar-refractivity contribution in [1.82, 2.24) is 19.8 Å². The van der Waals surface area contributed by atoms with Gasteiger partial charge in [0.15, 0.2) is 5.16 Å². The van der Waals surface area contributed by atoms with Crippen LogP contribution in [-0.2, 0) is 4.79 Å². The number of thioether (sulfide) groups is 1. The van der Waals surface area contributed by atoms with Gasteiger partial charge < -0.3 is 9.88 Å². The molecule has 2 fully saturated rings. The summed E-state index contributed by atoms with van der Waals surface area (Å²) in [6.07, 6.45) is 7.11. The summed E-state index contributed by atoms with van der Waals surface area (Å²) in [6.45, 7) is 3.92. The smallest absolute Gasteiger partial charge is 0.324 e. The van der Waals surface area contributed by atoms with Crippen molar-refractivity contribution in [3.63, 3.8) is 0 Å². The number of nitrogens with zero attached hydrogens (tertiary/aromatic N) is 3. The number of amides is 3. The highest BCUT2D eigenvalue weighted by Crippen LogP contribution is 2.37. The van der Waals surface area contributed by atoms with Crippen LogP contribution in [-0.4, -0.2) is 44.2 Å². The summed E-state index contributed by atoms with van der Waals surface area (Å²) in [6, 6.07) is 0.344. The van der Waals surface area contributed by atoms with Gasteiger partial charge in [-0.2, -0.15) is 0 Å². The van der Waals surface area contributed by atoms with E-state index in [4.69, 9.17) is 0 Å². The number of urea groups is 1. The second-order valence-corrected chi connectivity index (χ2v) is 7.12. The molecule has 1 aromatic heterocycles. The fraction of sp³-hybridized carbons (Fsp3) is 0.643. The molecule has 2 aliphatic rings. The van der Waals surface area contributed by atoms with Crippen LogP contribution in [0.1, 0.15) is 39.2 Å². The lowest BCUT2D eigenvalue weighted by Crippen LogP contribution is -2.40. The van der Waals surface area contributed by atoms with Gasteiger partial charge in [0.05, 0.1) is 0 Å². The van der Waals surface area contributed by atoms with Crippen LogP contribution >= 0.6 is 11.8 Å². The van der Waals surface area contributed by atoms with E-state index in [1.165, 1.54) is 17.7 Å². The molecule has 0 bridgehead atoms. The molecule has 1 N–H and O–H groups in total. The highest BCUT2D eigenvalue weighted by Gasteiger charge is 2.43. The van der Waals surface area contributed by atoms with Crippen LogP contribution in [0, 0.1) is 0 Å². The van der Waals surface area contributed by atoms with Crippen LogP contribution in [0.2, 0.25) is 0 Å². The third-order valence-corrected chi connectivity index (χ3v) is 4.84. The molecular formula is C14H20N4O2S. The minimum atomic E-state index is -0.771. The maximum atomic E-state index is 12.0. The van der Waals surface area contributed by atoms with Crippen molar-refractivity contribution < 1.29 is 9.59 Å². The van der Waals surface area contributed by atoms with E-state index >= 15 is 0 Å². The van der Waals surface area contributed by atoms with E-state index in [2.05, 4.69) is 14.9 Å². The van der Waals surface area contributed by atoms with Gasteiger partial charge in [-0.3, -0.25) is 9.69 Å². The summed E-state index contributed by atoms with van der Waals surface area (Å²) in [5.74, 6) is 0.707. The van der Waals surface area contributed by atoms with E-state index in [1.807, 2.05) is 12.4 Å². The molecule has 3 amide bonds. The number of aromatic nitrogens is 2. The summed E-state index contributed by atoms with van der Waals surface area (Å²) in [7, 11) is 0. The van der Waals surface area contributed by atoms with Gasteiger partial charge in [0.1, 0.15) is 5.54 Å². The Bertz CT molecular complexity index is 565. The molecule has 0 atom stereocenters. The Balaban J connectivity index is 1.47. The topological polar surface area (TPSA) is 67.2 Å². The predicted octanol–water partition coefficient (Wildman–Crippen LogP) is 2.03. The molecule has 0 spiro atoms. The van der Waals surface area contributed by atoms with Crippen molar-refractivity contribution in [2.45, 2.75) is 49.8 Å². The monoisotopic (exact) mass is 308 g/mol. The van der Waals surface area contributed by atoms with Gasteiger partial charge in [0.2, 0.25) is 0 Å². The molecular weight excluding hydrogens is 288 g/mol. The average Bonchev–Trinajstić information content (AvgIpc) is 3.12. The van der Waals surface area contributed by atoms with Crippen molar-refractivity contribution in [2.75, 3.05) is 12.3 Å². The predicted molar refractivity (Wildman–Crippen MR) is 80.2 cm³/mol. The largest absolute Gasteiger partial charge is 0.325 e. The quantitative estimate of drug-likeness (QED) is 0.496. The fourth-order valence-corrected chi connectivity index (χ4v) is 3.40. The molecule has 6 nitrogen and oxygen atoms in total. The first-order chi connectivity index (χ1) is 9.99. The molecule has 2 heterocycles. The second kappa shape index (κ2) is 5.36. The highest BCUT2D eigenvalue weighted by molar-refractivity contribution is 7.99. The van der Waals surface area contributed by atoms with Crippen LogP contribution < -0.4 is 5.32 Å². The van der Waals surface area contributed by atoms with Crippen LogP contribution in [0.4, 0.5) is 4.79 Å². The number of imide groups is 1. The van der Waals surface area contributed by atoms with Gasteiger partial charge in [-0.15, -0.1) is 0 Å². The zero-order valence-corrected chi connectivity index (χ0v) is 13.2. The van der Waals surface area contributed by atoms with E-state index in [0.717, 1.165) is 17.3 Å². The minimum absolute atomic E-state index is 0.142. The van der Waals surface area contributed by atoms with Crippen molar-refractivity contribution in [3.8, 4) is 0 Å². The minimum Gasteiger partial charge on any atom is -0.324 e. The van der Waals surface area contributed by atoms with Crippen molar-refractivity contribution in [3.05, 3.63) is 12.4 Å². The fourth-order valence-electron chi connectivity index (χ4n) is 2.45. The van der Waals surface area contributed by atoms with Gasteiger partial charge in [0, 0.05) is 30.7 Å². The maximum Gasteiger partial charge on any atom is 0.325 e. The molecule has 1 aliphatic carbocycles. The Labute approximate surface area is 128 Å².